The Hall–Kier alpha value is 0.660. The van der Waals surface area contributed by atoms with Gasteiger partial charge in [-0.05, 0) is 19.8 Å². The zero-order valence-electron chi connectivity index (χ0n) is 11.7. The second-order valence-corrected chi connectivity index (χ2v) is 8.25. The van der Waals surface area contributed by atoms with E-state index in [0.29, 0.717) is 10.7 Å². The fourth-order valence-electron chi connectivity index (χ4n) is 2.21. The van der Waals surface area contributed by atoms with Crippen LogP contribution in [-0.2, 0) is 0 Å². The summed E-state index contributed by atoms with van der Waals surface area (Å²) >= 11 is 4.32. The Morgan fingerprint density at radius 1 is 0.882 bits per heavy atom. The Balaban J connectivity index is 2.21. The van der Waals surface area contributed by atoms with Crippen molar-refractivity contribution in [3.05, 3.63) is 0 Å². The van der Waals surface area contributed by atoms with Gasteiger partial charge in [-0.15, -0.1) is 23.5 Å². The first kappa shape index (κ1) is 15.7. The van der Waals surface area contributed by atoms with Crippen LogP contribution in [0.5, 0.6) is 0 Å². The second-order valence-electron chi connectivity index (χ2n) is 4.99. The number of unbranched alkanes of at least 4 members (excludes halogenated alkanes) is 4. The molecule has 0 aromatic heterocycles. The summed E-state index contributed by atoms with van der Waals surface area (Å²) in [6, 6.07) is 0. The van der Waals surface area contributed by atoms with Gasteiger partial charge in [0.25, 0.3) is 0 Å². The lowest BCUT2D eigenvalue weighted by Crippen LogP contribution is -2.38. The third-order valence-corrected chi connectivity index (χ3v) is 6.20. The maximum Gasteiger partial charge on any atom is 0.0551 e. The molecule has 3 atom stereocenters. The van der Waals surface area contributed by atoms with E-state index in [9.17, 15) is 0 Å². The molecule has 1 nitrogen and oxygen atoms in total. The first-order valence-electron chi connectivity index (χ1n) is 7.33. The molecule has 0 saturated carbocycles. The summed E-state index contributed by atoms with van der Waals surface area (Å²) in [6.07, 6.45) is 11.0. The highest BCUT2D eigenvalue weighted by Gasteiger charge is 2.25. The van der Waals surface area contributed by atoms with Crippen LogP contribution < -0.4 is 5.32 Å². The van der Waals surface area contributed by atoms with Gasteiger partial charge in [-0.1, -0.05) is 52.4 Å². The van der Waals surface area contributed by atoms with E-state index in [4.69, 9.17) is 0 Å². The lowest BCUT2D eigenvalue weighted by atomic mass is 10.2. The first-order valence-corrected chi connectivity index (χ1v) is 9.21. The van der Waals surface area contributed by atoms with Gasteiger partial charge in [-0.3, -0.25) is 5.32 Å². The molecule has 17 heavy (non-hydrogen) atoms. The van der Waals surface area contributed by atoms with Gasteiger partial charge in [0, 0.05) is 0 Å². The Labute approximate surface area is 116 Å². The number of hydrogen-bond donors (Lipinski definition) is 1. The number of thioether (sulfide) groups is 2. The fourth-order valence-corrected chi connectivity index (χ4v) is 5.71. The van der Waals surface area contributed by atoms with E-state index in [1.165, 1.54) is 51.4 Å². The van der Waals surface area contributed by atoms with Crippen molar-refractivity contribution < 1.29 is 0 Å². The smallest absolute Gasteiger partial charge is 0.0551 e. The number of nitrogens with one attached hydrogen (secondary N) is 1. The Morgan fingerprint density at radius 2 is 1.53 bits per heavy atom. The summed E-state index contributed by atoms with van der Waals surface area (Å²) < 4.78 is 0.837. The van der Waals surface area contributed by atoms with Crippen LogP contribution in [0.3, 0.4) is 0 Å². The van der Waals surface area contributed by atoms with E-state index >= 15 is 0 Å². The van der Waals surface area contributed by atoms with Crippen molar-refractivity contribution >= 4 is 23.5 Å². The first-order chi connectivity index (χ1) is 8.26. The molecule has 3 unspecified atom stereocenters. The van der Waals surface area contributed by atoms with Crippen molar-refractivity contribution in [2.45, 2.75) is 87.5 Å². The minimum Gasteiger partial charge on any atom is -0.294 e. The van der Waals surface area contributed by atoms with Crippen molar-refractivity contribution in [2.24, 2.45) is 0 Å². The molecule has 1 fully saturated rings. The molecule has 1 aliphatic heterocycles. The van der Waals surface area contributed by atoms with E-state index in [2.05, 4.69) is 49.6 Å². The van der Waals surface area contributed by atoms with E-state index in [1.807, 2.05) is 0 Å². The molecule has 1 N–H and O–H groups in total. The zero-order valence-corrected chi connectivity index (χ0v) is 13.3. The van der Waals surface area contributed by atoms with E-state index in [1.54, 1.807) is 0 Å². The second kappa shape index (κ2) is 9.57. The lowest BCUT2D eigenvalue weighted by Gasteiger charge is -2.34. The SMILES string of the molecule is CCCCCC1NC(C)SC(CCCCC)S1. The van der Waals surface area contributed by atoms with Gasteiger partial charge in [0.15, 0.2) is 0 Å². The summed E-state index contributed by atoms with van der Waals surface area (Å²) in [7, 11) is 0. The minimum atomic E-state index is 0.648. The highest BCUT2D eigenvalue weighted by molar-refractivity contribution is 8.18. The Bertz CT molecular complexity index is 169. The number of rotatable bonds is 8. The highest BCUT2D eigenvalue weighted by atomic mass is 32.2. The van der Waals surface area contributed by atoms with E-state index in [-0.39, 0.29) is 0 Å². The van der Waals surface area contributed by atoms with Gasteiger partial charge >= 0.3 is 0 Å². The van der Waals surface area contributed by atoms with Crippen molar-refractivity contribution in [1.29, 1.82) is 0 Å². The minimum absolute atomic E-state index is 0.648. The molecule has 1 heterocycles. The summed E-state index contributed by atoms with van der Waals surface area (Å²) in [5, 5.41) is 5.08. The molecule has 0 spiro atoms. The summed E-state index contributed by atoms with van der Waals surface area (Å²) in [5.41, 5.74) is 0. The van der Waals surface area contributed by atoms with Crippen LogP contribution >= 0.6 is 23.5 Å². The monoisotopic (exact) mass is 275 g/mol. The quantitative estimate of drug-likeness (QED) is 0.610. The lowest BCUT2D eigenvalue weighted by molar-refractivity contribution is 0.557. The third kappa shape index (κ3) is 6.97. The maximum absolute atomic E-state index is 3.72. The normalized spacial score (nSPS) is 29.5. The summed E-state index contributed by atoms with van der Waals surface area (Å²) in [6.45, 7) is 6.90. The summed E-state index contributed by atoms with van der Waals surface area (Å²) in [4.78, 5) is 0. The van der Waals surface area contributed by atoms with Gasteiger partial charge in [0.05, 0.1) is 15.3 Å². The highest BCUT2D eigenvalue weighted by Crippen LogP contribution is 2.39. The molecular formula is C14H29NS2. The molecule has 0 amide bonds. The van der Waals surface area contributed by atoms with Gasteiger partial charge in [0.2, 0.25) is 0 Å². The van der Waals surface area contributed by atoms with Gasteiger partial charge in [0.1, 0.15) is 0 Å². The topological polar surface area (TPSA) is 12.0 Å². The average molecular weight is 276 g/mol. The molecule has 1 aliphatic rings. The zero-order chi connectivity index (χ0) is 12.5. The van der Waals surface area contributed by atoms with Crippen LogP contribution in [0.2, 0.25) is 0 Å². The number of hydrogen-bond acceptors (Lipinski definition) is 3. The van der Waals surface area contributed by atoms with Gasteiger partial charge in [-0.2, -0.15) is 0 Å². The molecule has 0 aromatic carbocycles. The van der Waals surface area contributed by atoms with Gasteiger partial charge in [-0.25, -0.2) is 0 Å². The molecule has 0 bridgehead atoms. The van der Waals surface area contributed by atoms with Crippen molar-refractivity contribution in [2.75, 3.05) is 0 Å². The standard InChI is InChI=1S/C14H29NS2/c1-4-6-8-10-13-15-12(3)16-14(17-13)11-9-7-5-2/h12-15H,4-11H2,1-3H3. The van der Waals surface area contributed by atoms with E-state index < -0.39 is 0 Å². The van der Waals surface area contributed by atoms with Crippen molar-refractivity contribution in [3.8, 4) is 0 Å². The Kier molecular flexibility index (Phi) is 8.85. The molecule has 1 rings (SSSR count). The molecular weight excluding hydrogens is 246 g/mol. The molecule has 1 saturated heterocycles. The van der Waals surface area contributed by atoms with Crippen LogP contribution in [0.4, 0.5) is 0 Å². The molecule has 0 radical (unpaired) electrons. The van der Waals surface area contributed by atoms with Crippen LogP contribution in [0.15, 0.2) is 0 Å². The van der Waals surface area contributed by atoms with Gasteiger partial charge < -0.3 is 0 Å². The third-order valence-electron chi connectivity index (χ3n) is 3.21. The molecule has 102 valence electrons. The van der Waals surface area contributed by atoms with Crippen molar-refractivity contribution in [3.63, 3.8) is 0 Å². The predicted molar refractivity (Wildman–Crippen MR) is 83.6 cm³/mol. The fraction of sp³-hybridized carbons (Fsp3) is 1.00. The predicted octanol–water partition coefficient (Wildman–Crippen LogP) is 5.21. The van der Waals surface area contributed by atoms with Crippen LogP contribution in [0.25, 0.3) is 0 Å². The van der Waals surface area contributed by atoms with Crippen LogP contribution in [0, 0.1) is 0 Å². The summed E-state index contributed by atoms with van der Waals surface area (Å²) in [5.74, 6) is 0. The van der Waals surface area contributed by atoms with E-state index in [0.717, 1.165) is 4.58 Å². The largest absolute Gasteiger partial charge is 0.294 e. The van der Waals surface area contributed by atoms with Crippen molar-refractivity contribution in [1.82, 2.24) is 5.32 Å². The molecule has 0 aromatic rings. The molecule has 3 heteroatoms. The maximum atomic E-state index is 3.72. The Morgan fingerprint density at radius 3 is 2.18 bits per heavy atom. The average Bonchev–Trinajstić information content (AvgIpc) is 2.29. The van der Waals surface area contributed by atoms with Crippen LogP contribution in [-0.4, -0.2) is 15.3 Å². The molecule has 0 aliphatic carbocycles. The van der Waals surface area contributed by atoms with Crippen LogP contribution in [0.1, 0.15) is 72.1 Å².